The second kappa shape index (κ2) is 13.4. The van der Waals surface area contributed by atoms with Gasteiger partial charge in [-0.2, -0.15) is 0 Å². The minimum Gasteiger partial charge on any atom is -0.454 e. The molecule has 0 bridgehead atoms. The Labute approximate surface area is 250 Å². The molecule has 2 heterocycles. The van der Waals surface area contributed by atoms with Crippen LogP contribution >= 0.6 is 23.2 Å². The Kier molecular flexibility index (Phi) is 9.69. The fraction of sp³-hybridized carbons (Fsp3) is 0.345. The van der Waals surface area contributed by atoms with E-state index in [9.17, 15) is 13.2 Å². The van der Waals surface area contributed by atoms with Crippen LogP contribution in [0.2, 0.25) is 10.0 Å². The first-order valence-electron chi connectivity index (χ1n) is 13.4. The van der Waals surface area contributed by atoms with Gasteiger partial charge in [-0.05, 0) is 54.6 Å². The molecule has 2 aliphatic heterocycles. The number of nitrogens with zero attached hydrogens (tertiary/aromatic N) is 3. The van der Waals surface area contributed by atoms with Gasteiger partial charge in [0.15, 0.2) is 5.75 Å². The number of rotatable bonds is 9. The van der Waals surface area contributed by atoms with Gasteiger partial charge in [0.1, 0.15) is 5.75 Å². The van der Waals surface area contributed by atoms with Crippen LogP contribution in [-0.2, 0) is 14.8 Å². The number of halogens is 2. The van der Waals surface area contributed by atoms with Crippen LogP contribution in [-0.4, -0.2) is 94.6 Å². The van der Waals surface area contributed by atoms with Crippen molar-refractivity contribution in [3.05, 3.63) is 82.3 Å². The van der Waals surface area contributed by atoms with E-state index in [-0.39, 0.29) is 22.2 Å². The first-order chi connectivity index (χ1) is 19.8. The van der Waals surface area contributed by atoms with Crippen LogP contribution in [0.15, 0.2) is 71.6 Å². The maximum absolute atomic E-state index is 13.2. The summed E-state index contributed by atoms with van der Waals surface area (Å²) in [7, 11) is -3.96. The van der Waals surface area contributed by atoms with Crippen molar-refractivity contribution in [1.82, 2.24) is 14.7 Å². The molecule has 2 aliphatic rings. The third kappa shape index (κ3) is 7.71. The number of sulfonamides is 1. The molecular weight excluding hydrogens is 587 g/mol. The number of carbonyl (C=O) groups is 1. The first-order valence-corrected chi connectivity index (χ1v) is 15.7. The molecular formula is C29H32Cl2N4O5S. The minimum atomic E-state index is -3.96. The predicted octanol–water partition coefficient (Wildman–Crippen LogP) is 4.68. The molecule has 3 aromatic rings. The van der Waals surface area contributed by atoms with Crippen LogP contribution in [0.3, 0.4) is 0 Å². The van der Waals surface area contributed by atoms with Crippen molar-refractivity contribution in [2.45, 2.75) is 4.90 Å². The Morgan fingerprint density at radius 1 is 0.829 bits per heavy atom. The summed E-state index contributed by atoms with van der Waals surface area (Å²) in [6.45, 7) is 8.41. The normalized spacial score (nSPS) is 16.9. The molecule has 0 spiro atoms. The van der Waals surface area contributed by atoms with Crippen LogP contribution in [0, 0.1) is 0 Å². The van der Waals surface area contributed by atoms with Crippen LogP contribution in [0.25, 0.3) is 0 Å². The zero-order chi connectivity index (χ0) is 28.8. The van der Waals surface area contributed by atoms with E-state index in [0.717, 1.165) is 52.5 Å². The van der Waals surface area contributed by atoms with Crippen LogP contribution in [0.4, 0.5) is 5.69 Å². The Balaban J connectivity index is 1.18. The molecule has 1 amide bonds. The molecule has 3 aromatic carbocycles. The third-order valence-electron chi connectivity index (χ3n) is 7.15. The van der Waals surface area contributed by atoms with Crippen molar-refractivity contribution in [1.29, 1.82) is 0 Å². The van der Waals surface area contributed by atoms with E-state index in [2.05, 4.69) is 14.5 Å². The molecule has 0 radical (unpaired) electrons. The predicted molar refractivity (Wildman–Crippen MR) is 160 cm³/mol. The lowest BCUT2D eigenvalue weighted by Gasteiger charge is -2.36. The van der Waals surface area contributed by atoms with Gasteiger partial charge in [0, 0.05) is 62.9 Å². The maximum atomic E-state index is 13.2. The molecule has 0 unspecified atom stereocenters. The topological polar surface area (TPSA) is 91.4 Å². The summed E-state index contributed by atoms with van der Waals surface area (Å²) in [6, 6.07) is 17.4. The highest BCUT2D eigenvalue weighted by atomic mass is 35.5. The van der Waals surface area contributed by atoms with E-state index < -0.39 is 10.0 Å². The number of piperazine rings is 1. The van der Waals surface area contributed by atoms with Crippen molar-refractivity contribution >= 4 is 44.8 Å². The smallest absolute Gasteiger partial charge is 0.262 e. The SMILES string of the molecule is O=C(c1ccc(S(=O)(=O)Nc2ccccc2Oc2ccc(Cl)cc2Cl)cc1)N1CCN(CCN2CCOCC2)CC1. The van der Waals surface area contributed by atoms with Gasteiger partial charge in [-0.3, -0.25) is 19.3 Å². The molecule has 2 fully saturated rings. The molecule has 1 N–H and O–H groups in total. The quantitative estimate of drug-likeness (QED) is 0.372. The number of nitrogens with one attached hydrogen (secondary N) is 1. The third-order valence-corrected chi connectivity index (χ3v) is 9.06. The van der Waals surface area contributed by atoms with Crippen molar-refractivity contribution in [3.8, 4) is 11.5 Å². The average molecular weight is 620 g/mol. The van der Waals surface area contributed by atoms with Gasteiger partial charge in [0.25, 0.3) is 15.9 Å². The second-order valence-electron chi connectivity index (χ2n) is 9.89. The van der Waals surface area contributed by atoms with Crippen LogP contribution in [0.1, 0.15) is 10.4 Å². The largest absolute Gasteiger partial charge is 0.454 e. The molecule has 41 heavy (non-hydrogen) atoms. The van der Waals surface area contributed by atoms with Crippen LogP contribution in [0.5, 0.6) is 11.5 Å². The van der Waals surface area contributed by atoms with Crippen LogP contribution < -0.4 is 9.46 Å². The molecule has 2 saturated heterocycles. The number of amides is 1. The number of para-hydroxylation sites is 2. The fourth-order valence-corrected chi connectivity index (χ4v) is 6.28. The van der Waals surface area contributed by atoms with Gasteiger partial charge in [-0.25, -0.2) is 8.42 Å². The number of hydrogen-bond donors (Lipinski definition) is 1. The van der Waals surface area contributed by atoms with Gasteiger partial charge < -0.3 is 14.4 Å². The number of benzene rings is 3. The van der Waals surface area contributed by atoms with E-state index in [1.54, 1.807) is 54.6 Å². The van der Waals surface area contributed by atoms with Gasteiger partial charge in [-0.15, -0.1) is 0 Å². The second-order valence-corrected chi connectivity index (χ2v) is 12.4. The highest BCUT2D eigenvalue weighted by Gasteiger charge is 2.24. The highest BCUT2D eigenvalue weighted by Crippen LogP contribution is 2.35. The van der Waals surface area contributed by atoms with E-state index in [0.29, 0.717) is 34.4 Å². The van der Waals surface area contributed by atoms with E-state index in [1.165, 1.54) is 12.1 Å². The molecule has 0 aromatic heterocycles. The molecule has 9 nitrogen and oxygen atoms in total. The molecule has 0 aliphatic carbocycles. The van der Waals surface area contributed by atoms with E-state index in [1.807, 2.05) is 4.90 Å². The summed E-state index contributed by atoms with van der Waals surface area (Å²) < 4.78 is 40.2. The Morgan fingerprint density at radius 2 is 1.49 bits per heavy atom. The lowest BCUT2D eigenvalue weighted by molar-refractivity contribution is 0.0293. The zero-order valence-electron chi connectivity index (χ0n) is 22.5. The van der Waals surface area contributed by atoms with Gasteiger partial charge >= 0.3 is 0 Å². The van der Waals surface area contributed by atoms with Crippen molar-refractivity contribution in [2.75, 3.05) is 70.3 Å². The lowest BCUT2D eigenvalue weighted by atomic mass is 10.2. The van der Waals surface area contributed by atoms with E-state index in [4.69, 9.17) is 32.7 Å². The van der Waals surface area contributed by atoms with Crippen molar-refractivity contribution in [3.63, 3.8) is 0 Å². The summed E-state index contributed by atoms with van der Waals surface area (Å²) in [5.74, 6) is 0.507. The van der Waals surface area contributed by atoms with Crippen molar-refractivity contribution in [2.24, 2.45) is 0 Å². The minimum absolute atomic E-state index is 0.0290. The molecule has 218 valence electrons. The maximum Gasteiger partial charge on any atom is 0.262 e. The summed E-state index contributed by atoms with van der Waals surface area (Å²) >= 11 is 12.2. The number of anilines is 1. The summed E-state index contributed by atoms with van der Waals surface area (Å²) in [6.07, 6.45) is 0. The van der Waals surface area contributed by atoms with Gasteiger partial charge in [-0.1, -0.05) is 35.3 Å². The summed E-state index contributed by atoms with van der Waals surface area (Å²) in [5, 5.41) is 0.754. The number of carbonyl (C=O) groups excluding carboxylic acids is 1. The van der Waals surface area contributed by atoms with E-state index >= 15 is 0 Å². The lowest BCUT2D eigenvalue weighted by Crippen LogP contribution is -2.51. The monoisotopic (exact) mass is 618 g/mol. The fourth-order valence-electron chi connectivity index (χ4n) is 4.76. The number of hydrogen-bond acceptors (Lipinski definition) is 7. The van der Waals surface area contributed by atoms with Crippen molar-refractivity contribution < 1.29 is 22.7 Å². The Morgan fingerprint density at radius 3 is 2.17 bits per heavy atom. The van der Waals surface area contributed by atoms with Gasteiger partial charge in [0.05, 0.1) is 28.8 Å². The number of ether oxygens (including phenoxy) is 2. The molecule has 12 heteroatoms. The molecule has 0 saturated carbocycles. The summed E-state index contributed by atoms with van der Waals surface area (Å²) in [5.41, 5.74) is 0.692. The standard InChI is InChI=1S/C29H32Cl2N4O5S/c30-23-7-10-27(25(31)21-23)40-28-4-2-1-3-26(28)32-41(37,38)24-8-5-22(6-9-24)29(36)35-15-13-33(14-16-35)11-12-34-17-19-39-20-18-34/h1-10,21,32H,11-20H2. The number of morpholine rings is 1. The zero-order valence-corrected chi connectivity index (χ0v) is 24.8. The highest BCUT2D eigenvalue weighted by molar-refractivity contribution is 7.92. The molecule has 0 atom stereocenters. The van der Waals surface area contributed by atoms with Gasteiger partial charge in [0.2, 0.25) is 0 Å². The molecule has 5 rings (SSSR count). The Bertz CT molecular complexity index is 1460. The summed E-state index contributed by atoms with van der Waals surface area (Å²) in [4.78, 5) is 19.8. The average Bonchev–Trinajstić information content (AvgIpc) is 2.99. The first kappa shape index (κ1) is 29.6. The Hall–Kier alpha value is -2.86.